The molecule has 4 heteroatoms. The second-order valence-electron chi connectivity index (χ2n) is 7.35. The second-order valence-corrected chi connectivity index (χ2v) is 7.35. The quantitative estimate of drug-likeness (QED) is 0.269. The van der Waals surface area contributed by atoms with Crippen LogP contribution in [0.25, 0.3) is 0 Å². The van der Waals surface area contributed by atoms with E-state index in [-0.39, 0.29) is 5.76 Å². The van der Waals surface area contributed by atoms with Crippen molar-refractivity contribution in [2.24, 2.45) is 0 Å². The highest BCUT2D eigenvalue weighted by Crippen LogP contribution is 2.15. The van der Waals surface area contributed by atoms with E-state index < -0.39 is 5.97 Å². The van der Waals surface area contributed by atoms with Gasteiger partial charge in [-0.25, -0.2) is 4.79 Å². The molecule has 1 aromatic rings. The lowest BCUT2D eigenvalue weighted by molar-refractivity contribution is 0.0663. The van der Waals surface area contributed by atoms with Crippen LogP contribution in [-0.2, 0) is 0 Å². The minimum absolute atomic E-state index is 0.0102. The predicted octanol–water partition coefficient (Wildman–Crippen LogP) is 7.26. The zero-order chi connectivity index (χ0) is 18.9. The Balaban J connectivity index is 1.77. The summed E-state index contributed by atoms with van der Waals surface area (Å²) in [5.41, 5.74) is 0. The lowest BCUT2D eigenvalue weighted by atomic mass is 10.0. The fourth-order valence-corrected chi connectivity index (χ4v) is 3.26. The van der Waals surface area contributed by atoms with E-state index in [1.165, 1.54) is 96.0 Å². The van der Waals surface area contributed by atoms with Crippen molar-refractivity contribution in [3.63, 3.8) is 0 Å². The SMILES string of the molecule is CCCCCCCCCCCCCCCCCNc1ccc(C(=O)O)o1. The first-order valence-electron chi connectivity index (χ1n) is 10.8. The smallest absolute Gasteiger partial charge is 0.371 e. The molecule has 0 aliphatic heterocycles. The van der Waals surface area contributed by atoms with Gasteiger partial charge in [-0.3, -0.25) is 0 Å². The third kappa shape index (κ3) is 12.0. The Kier molecular flexibility index (Phi) is 13.7. The van der Waals surface area contributed by atoms with Gasteiger partial charge < -0.3 is 14.8 Å². The van der Waals surface area contributed by atoms with Crippen molar-refractivity contribution in [1.29, 1.82) is 0 Å². The number of carboxylic acids is 1. The van der Waals surface area contributed by atoms with Gasteiger partial charge in [0.25, 0.3) is 0 Å². The van der Waals surface area contributed by atoms with E-state index in [1.807, 2.05) is 0 Å². The number of unbranched alkanes of at least 4 members (excludes halogenated alkanes) is 14. The Morgan fingerprint density at radius 2 is 1.27 bits per heavy atom. The molecule has 1 aromatic heterocycles. The van der Waals surface area contributed by atoms with Gasteiger partial charge in [0, 0.05) is 12.6 Å². The molecule has 0 saturated heterocycles. The van der Waals surface area contributed by atoms with Crippen LogP contribution in [0.2, 0.25) is 0 Å². The van der Waals surface area contributed by atoms with E-state index in [0.717, 1.165) is 13.0 Å². The third-order valence-corrected chi connectivity index (χ3v) is 4.90. The van der Waals surface area contributed by atoms with Crippen LogP contribution in [0.5, 0.6) is 0 Å². The molecule has 150 valence electrons. The van der Waals surface area contributed by atoms with Crippen molar-refractivity contribution in [2.75, 3.05) is 11.9 Å². The highest BCUT2D eigenvalue weighted by Gasteiger charge is 2.07. The molecule has 0 fully saturated rings. The highest BCUT2D eigenvalue weighted by atomic mass is 16.4. The number of furan rings is 1. The van der Waals surface area contributed by atoms with E-state index in [4.69, 9.17) is 9.52 Å². The largest absolute Gasteiger partial charge is 0.475 e. The van der Waals surface area contributed by atoms with Crippen LogP contribution in [0, 0.1) is 0 Å². The van der Waals surface area contributed by atoms with E-state index in [9.17, 15) is 4.79 Å². The standard InChI is InChI=1S/C22H39NO3/c1-2-3-4-5-6-7-8-9-10-11-12-13-14-15-16-19-23-21-18-17-20(26-21)22(24)25/h17-18,23H,2-16,19H2,1H3,(H,24,25). The maximum atomic E-state index is 10.7. The molecular weight excluding hydrogens is 326 g/mol. The van der Waals surface area contributed by atoms with Crippen LogP contribution >= 0.6 is 0 Å². The van der Waals surface area contributed by atoms with Gasteiger partial charge in [-0.1, -0.05) is 96.8 Å². The van der Waals surface area contributed by atoms with Gasteiger partial charge in [-0.2, -0.15) is 0 Å². The molecule has 0 unspecified atom stereocenters. The Labute approximate surface area is 159 Å². The summed E-state index contributed by atoms with van der Waals surface area (Å²) in [5, 5.41) is 11.9. The van der Waals surface area contributed by atoms with Crippen LogP contribution in [0.3, 0.4) is 0 Å². The van der Waals surface area contributed by atoms with Crippen LogP contribution in [0.1, 0.15) is 114 Å². The third-order valence-electron chi connectivity index (χ3n) is 4.90. The topological polar surface area (TPSA) is 62.5 Å². The first-order chi connectivity index (χ1) is 12.7. The van der Waals surface area contributed by atoms with Gasteiger partial charge in [-0.15, -0.1) is 0 Å². The maximum Gasteiger partial charge on any atom is 0.371 e. The second kappa shape index (κ2) is 15.8. The van der Waals surface area contributed by atoms with Crippen molar-refractivity contribution in [3.8, 4) is 0 Å². The lowest BCUT2D eigenvalue weighted by Gasteiger charge is -2.04. The summed E-state index contributed by atoms with van der Waals surface area (Å²) >= 11 is 0. The monoisotopic (exact) mass is 365 g/mol. The number of rotatable bonds is 18. The van der Waals surface area contributed by atoms with E-state index >= 15 is 0 Å². The number of carboxylic acid groups (broad SMARTS) is 1. The number of carbonyl (C=O) groups is 1. The molecule has 1 heterocycles. The van der Waals surface area contributed by atoms with Gasteiger partial charge >= 0.3 is 5.97 Å². The fraction of sp³-hybridized carbons (Fsp3) is 0.773. The number of hydrogen-bond donors (Lipinski definition) is 2. The fourth-order valence-electron chi connectivity index (χ4n) is 3.26. The van der Waals surface area contributed by atoms with E-state index in [1.54, 1.807) is 6.07 Å². The van der Waals surface area contributed by atoms with Crippen molar-refractivity contribution in [2.45, 2.75) is 103 Å². The Morgan fingerprint density at radius 3 is 1.69 bits per heavy atom. The van der Waals surface area contributed by atoms with E-state index in [0.29, 0.717) is 5.88 Å². The van der Waals surface area contributed by atoms with Crippen molar-refractivity contribution in [3.05, 3.63) is 17.9 Å². The summed E-state index contributed by atoms with van der Waals surface area (Å²) in [6, 6.07) is 3.16. The van der Waals surface area contributed by atoms with Crippen LogP contribution < -0.4 is 5.32 Å². The molecule has 1 rings (SSSR count). The zero-order valence-electron chi connectivity index (χ0n) is 16.7. The van der Waals surface area contributed by atoms with Crippen molar-refractivity contribution in [1.82, 2.24) is 0 Å². The molecule has 0 amide bonds. The first kappa shape index (κ1) is 22.6. The molecule has 0 bridgehead atoms. The molecule has 0 atom stereocenters. The molecule has 0 spiro atoms. The molecule has 0 radical (unpaired) electrons. The summed E-state index contributed by atoms with van der Waals surface area (Å²) < 4.78 is 5.16. The van der Waals surface area contributed by atoms with Crippen LogP contribution in [0.15, 0.2) is 16.5 Å². The van der Waals surface area contributed by atoms with Crippen LogP contribution in [0.4, 0.5) is 5.88 Å². The lowest BCUT2D eigenvalue weighted by Crippen LogP contribution is -2.00. The van der Waals surface area contributed by atoms with Crippen molar-refractivity contribution >= 4 is 11.9 Å². The van der Waals surface area contributed by atoms with E-state index in [2.05, 4.69) is 12.2 Å². The molecule has 4 nitrogen and oxygen atoms in total. The normalized spacial score (nSPS) is 11.0. The Bertz CT molecular complexity index is 456. The average molecular weight is 366 g/mol. The predicted molar refractivity (Wildman–Crippen MR) is 109 cm³/mol. The molecule has 26 heavy (non-hydrogen) atoms. The Morgan fingerprint density at radius 1 is 0.808 bits per heavy atom. The maximum absolute atomic E-state index is 10.7. The first-order valence-corrected chi connectivity index (χ1v) is 10.8. The molecule has 0 saturated carbocycles. The summed E-state index contributed by atoms with van der Waals surface area (Å²) in [7, 11) is 0. The van der Waals surface area contributed by atoms with Crippen molar-refractivity contribution < 1.29 is 14.3 Å². The summed E-state index contributed by atoms with van der Waals surface area (Å²) in [6.07, 6.45) is 20.4. The number of nitrogens with one attached hydrogen (secondary N) is 1. The molecule has 0 aromatic carbocycles. The summed E-state index contributed by atoms with van der Waals surface area (Å²) in [4.78, 5) is 10.7. The number of aromatic carboxylic acids is 1. The van der Waals surface area contributed by atoms with Gasteiger partial charge in [0.05, 0.1) is 0 Å². The van der Waals surface area contributed by atoms with Gasteiger partial charge in [-0.05, 0) is 12.5 Å². The molecule has 0 aliphatic rings. The summed E-state index contributed by atoms with van der Waals surface area (Å²) in [5.74, 6) is -0.484. The van der Waals surface area contributed by atoms with Crippen LogP contribution in [-0.4, -0.2) is 17.6 Å². The minimum atomic E-state index is -1.02. The number of anilines is 1. The minimum Gasteiger partial charge on any atom is -0.475 e. The zero-order valence-corrected chi connectivity index (χ0v) is 16.7. The molecule has 0 aliphatic carbocycles. The summed E-state index contributed by atoms with van der Waals surface area (Å²) in [6.45, 7) is 3.11. The van der Waals surface area contributed by atoms with Gasteiger partial charge in [0.1, 0.15) is 0 Å². The Hall–Kier alpha value is -1.45. The number of hydrogen-bond acceptors (Lipinski definition) is 3. The average Bonchev–Trinajstić information content (AvgIpc) is 3.10. The van der Waals surface area contributed by atoms with Gasteiger partial charge in [0.15, 0.2) is 5.88 Å². The van der Waals surface area contributed by atoms with Gasteiger partial charge in [0.2, 0.25) is 5.76 Å². The molecular formula is C22H39NO3. The highest BCUT2D eigenvalue weighted by molar-refractivity contribution is 5.84. The molecule has 2 N–H and O–H groups in total.